The van der Waals surface area contributed by atoms with Gasteiger partial charge >= 0.3 is 0 Å². The first kappa shape index (κ1) is 19.0. The highest BCUT2D eigenvalue weighted by Gasteiger charge is 2.31. The van der Waals surface area contributed by atoms with Crippen molar-refractivity contribution in [3.8, 4) is 11.8 Å². The molecule has 0 aliphatic carbocycles. The van der Waals surface area contributed by atoms with E-state index in [2.05, 4.69) is 10.2 Å². The van der Waals surface area contributed by atoms with Crippen LogP contribution in [0.25, 0.3) is 0 Å². The molecule has 0 N–H and O–H groups in total. The van der Waals surface area contributed by atoms with Crippen molar-refractivity contribution in [1.29, 1.82) is 0 Å². The predicted octanol–water partition coefficient (Wildman–Crippen LogP) is 1.63. The van der Waals surface area contributed by atoms with Crippen molar-refractivity contribution >= 4 is 15.7 Å². The van der Waals surface area contributed by atoms with E-state index in [1.165, 1.54) is 35.7 Å². The van der Waals surface area contributed by atoms with Gasteiger partial charge in [-0.3, -0.25) is 10.1 Å². The molecule has 144 valence electrons. The number of ether oxygens (including phenoxy) is 2. The lowest BCUT2D eigenvalue weighted by Crippen LogP contribution is -2.44. The minimum Gasteiger partial charge on any atom is -0.480 e. The lowest BCUT2D eigenvalue weighted by atomic mass is 10.1. The van der Waals surface area contributed by atoms with E-state index < -0.39 is 14.9 Å². The number of benzene rings is 1. The fourth-order valence-corrected chi connectivity index (χ4v) is 4.27. The number of methoxy groups -OCH3 is 1. The van der Waals surface area contributed by atoms with E-state index in [-0.39, 0.29) is 29.1 Å². The summed E-state index contributed by atoms with van der Waals surface area (Å²) >= 11 is 0. The number of piperidine rings is 1. The summed E-state index contributed by atoms with van der Waals surface area (Å²) in [6.07, 6.45) is 0.940. The summed E-state index contributed by atoms with van der Waals surface area (Å²) in [4.78, 5) is 10.2. The second kappa shape index (κ2) is 7.84. The average Bonchev–Trinajstić information content (AvgIpc) is 2.69. The molecule has 3 rings (SSSR count). The van der Waals surface area contributed by atoms with Gasteiger partial charge in [0.15, 0.2) is 0 Å². The zero-order valence-electron chi connectivity index (χ0n) is 14.5. The fraction of sp³-hybridized carbons (Fsp3) is 0.375. The summed E-state index contributed by atoms with van der Waals surface area (Å²) in [5.74, 6) is 0.642. The third kappa shape index (κ3) is 4.31. The second-order valence-electron chi connectivity index (χ2n) is 5.91. The summed E-state index contributed by atoms with van der Waals surface area (Å²) in [5, 5.41) is 18.4. The van der Waals surface area contributed by atoms with Crippen molar-refractivity contribution in [2.45, 2.75) is 23.8 Å². The number of rotatable bonds is 6. The summed E-state index contributed by atoms with van der Waals surface area (Å²) in [6.45, 7) is 0.514. The molecule has 1 aromatic heterocycles. The first-order chi connectivity index (χ1) is 12.9. The summed E-state index contributed by atoms with van der Waals surface area (Å²) in [5.41, 5.74) is -0.160. The highest BCUT2D eigenvalue weighted by atomic mass is 32.2. The zero-order chi connectivity index (χ0) is 19.4. The number of aromatic nitrogens is 2. The highest BCUT2D eigenvalue weighted by Crippen LogP contribution is 2.24. The van der Waals surface area contributed by atoms with Crippen LogP contribution in [-0.2, 0) is 10.0 Å². The van der Waals surface area contributed by atoms with Crippen LogP contribution < -0.4 is 9.47 Å². The van der Waals surface area contributed by atoms with Crippen LogP contribution in [0.4, 0.5) is 5.69 Å². The quantitative estimate of drug-likeness (QED) is 0.535. The van der Waals surface area contributed by atoms with Crippen molar-refractivity contribution in [2.75, 3.05) is 20.2 Å². The minimum atomic E-state index is -3.77. The number of sulfonamides is 1. The van der Waals surface area contributed by atoms with E-state index in [0.717, 1.165) is 0 Å². The Kier molecular flexibility index (Phi) is 5.51. The maximum Gasteiger partial charge on any atom is 0.269 e. The number of nitrogens with zero attached hydrogens (tertiary/aromatic N) is 4. The number of nitro benzene ring substituents is 1. The normalized spacial score (nSPS) is 18.0. The van der Waals surface area contributed by atoms with Crippen LogP contribution in [0.5, 0.6) is 11.8 Å². The van der Waals surface area contributed by atoms with Gasteiger partial charge in [-0.15, -0.1) is 10.2 Å². The molecule has 2 aromatic rings. The molecule has 10 nitrogen and oxygen atoms in total. The molecule has 1 atom stereocenters. The Hall–Kier alpha value is -2.79. The molecular weight excluding hydrogens is 376 g/mol. The number of hydrogen-bond acceptors (Lipinski definition) is 8. The van der Waals surface area contributed by atoms with Gasteiger partial charge in [-0.1, -0.05) is 0 Å². The zero-order valence-corrected chi connectivity index (χ0v) is 15.3. The molecule has 0 spiro atoms. The Morgan fingerprint density at radius 1 is 1.15 bits per heavy atom. The fourth-order valence-electron chi connectivity index (χ4n) is 2.76. The van der Waals surface area contributed by atoms with E-state index in [0.29, 0.717) is 25.3 Å². The van der Waals surface area contributed by atoms with Crippen molar-refractivity contribution in [3.05, 3.63) is 46.5 Å². The van der Waals surface area contributed by atoms with Crippen LogP contribution in [-0.4, -0.2) is 54.1 Å². The van der Waals surface area contributed by atoms with Crippen LogP contribution >= 0.6 is 0 Å². The molecule has 1 saturated heterocycles. The predicted molar refractivity (Wildman–Crippen MR) is 94.1 cm³/mol. The topological polar surface area (TPSA) is 125 Å². The van der Waals surface area contributed by atoms with Crippen molar-refractivity contribution in [2.24, 2.45) is 0 Å². The van der Waals surface area contributed by atoms with Gasteiger partial charge in [0, 0.05) is 30.8 Å². The number of non-ortho nitro benzene ring substituents is 1. The van der Waals surface area contributed by atoms with Gasteiger partial charge in [-0.05, 0) is 25.0 Å². The molecule has 1 fully saturated rings. The second-order valence-corrected chi connectivity index (χ2v) is 7.85. The Labute approximate surface area is 155 Å². The SMILES string of the molecule is COc1ccc(OC2CCCN(S(=O)(=O)c3ccc([N+](=O)[O-])cc3)C2)nn1. The molecule has 2 heterocycles. The van der Waals surface area contributed by atoms with Gasteiger partial charge in [-0.25, -0.2) is 8.42 Å². The Balaban J connectivity index is 1.71. The van der Waals surface area contributed by atoms with Crippen molar-refractivity contribution in [3.63, 3.8) is 0 Å². The molecule has 1 aliphatic heterocycles. The number of hydrogen-bond donors (Lipinski definition) is 0. The van der Waals surface area contributed by atoms with E-state index in [4.69, 9.17) is 9.47 Å². The Bertz CT molecular complexity index is 902. The molecule has 27 heavy (non-hydrogen) atoms. The third-order valence-electron chi connectivity index (χ3n) is 4.14. The molecule has 0 amide bonds. The average molecular weight is 394 g/mol. The molecular formula is C16H18N4O6S. The van der Waals surface area contributed by atoms with Crippen LogP contribution in [0.3, 0.4) is 0 Å². The van der Waals surface area contributed by atoms with Crippen molar-refractivity contribution in [1.82, 2.24) is 14.5 Å². The van der Waals surface area contributed by atoms with Gasteiger partial charge in [0.2, 0.25) is 21.8 Å². The van der Waals surface area contributed by atoms with E-state index in [1.807, 2.05) is 0 Å². The number of nitro groups is 1. The monoisotopic (exact) mass is 394 g/mol. The minimum absolute atomic E-state index is 0.0120. The largest absolute Gasteiger partial charge is 0.480 e. The molecule has 0 radical (unpaired) electrons. The Morgan fingerprint density at radius 3 is 2.41 bits per heavy atom. The van der Waals surface area contributed by atoms with Crippen LogP contribution in [0, 0.1) is 10.1 Å². The smallest absolute Gasteiger partial charge is 0.269 e. The maximum atomic E-state index is 12.8. The first-order valence-corrected chi connectivity index (χ1v) is 9.63. The van der Waals surface area contributed by atoms with Crippen LogP contribution in [0.2, 0.25) is 0 Å². The lowest BCUT2D eigenvalue weighted by Gasteiger charge is -2.31. The molecule has 1 unspecified atom stereocenters. The van der Waals surface area contributed by atoms with E-state index in [9.17, 15) is 18.5 Å². The molecule has 0 bridgehead atoms. The standard InChI is InChI=1S/C16H18N4O6S/c1-25-15-8-9-16(18-17-15)26-13-3-2-10-19(11-13)27(23,24)14-6-4-12(5-7-14)20(21)22/h4-9,13H,2-3,10-11H2,1H3. The van der Waals surface area contributed by atoms with Gasteiger partial charge in [0.05, 0.1) is 23.5 Å². The third-order valence-corrected chi connectivity index (χ3v) is 6.02. The van der Waals surface area contributed by atoms with E-state index in [1.54, 1.807) is 12.1 Å². The van der Waals surface area contributed by atoms with Crippen molar-refractivity contribution < 1.29 is 22.8 Å². The van der Waals surface area contributed by atoms with Gasteiger partial charge in [-0.2, -0.15) is 4.31 Å². The van der Waals surface area contributed by atoms with Gasteiger partial charge in [0.1, 0.15) is 6.10 Å². The summed E-state index contributed by atoms with van der Waals surface area (Å²) in [7, 11) is -2.29. The molecule has 1 aliphatic rings. The van der Waals surface area contributed by atoms with Gasteiger partial charge in [0.25, 0.3) is 5.69 Å². The Morgan fingerprint density at radius 2 is 1.81 bits per heavy atom. The lowest BCUT2D eigenvalue weighted by molar-refractivity contribution is -0.384. The summed E-state index contributed by atoms with van der Waals surface area (Å²) < 4.78 is 37.6. The molecule has 1 aromatic carbocycles. The molecule has 0 saturated carbocycles. The first-order valence-electron chi connectivity index (χ1n) is 8.19. The van der Waals surface area contributed by atoms with Crippen LogP contribution in [0.1, 0.15) is 12.8 Å². The highest BCUT2D eigenvalue weighted by molar-refractivity contribution is 7.89. The molecule has 11 heteroatoms. The maximum absolute atomic E-state index is 12.8. The van der Waals surface area contributed by atoms with Gasteiger partial charge < -0.3 is 9.47 Å². The van der Waals surface area contributed by atoms with Crippen LogP contribution in [0.15, 0.2) is 41.3 Å². The van der Waals surface area contributed by atoms with E-state index >= 15 is 0 Å². The summed E-state index contributed by atoms with van der Waals surface area (Å²) in [6, 6.07) is 8.06.